The smallest absolute Gasteiger partial charge is 0.334 e. The highest BCUT2D eigenvalue weighted by Crippen LogP contribution is 2.11. The summed E-state index contributed by atoms with van der Waals surface area (Å²) in [6.45, 7) is 2.89. The van der Waals surface area contributed by atoms with Crippen LogP contribution in [0, 0.1) is 0 Å². The third kappa shape index (κ3) is 4.88. The molecule has 19 heavy (non-hydrogen) atoms. The number of urea groups is 1. The highest BCUT2D eigenvalue weighted by Gasteiger charge is 2.19. The number of nitrogens with zero attached hydrogens (tertiary/aromatic N) is 1. The number of carboxylic acid groups (broad SMARTS) is 1. The number of aliphatic carboxylic acids is 1. The average molecular weight is 286 g/mol. The Labute approximate surface area is 116 Å². The number of rotatable bonds is 7. The van der Waals surface area contributed by atoms with E-state index >= 15 is 0 Å². The molecule has 1 heterocycles. The first-order chi connectivity index (χ1) is 9.08. The van der Waals surface area contributed by atoms with E-state index in [0.717, 1.165) is 4.88 Å². The number of hydrogen-bond acceptors (Lipinski definition) is 4. The minimum Gasteiger partial charge on any atom is -0.479 e. The molecule has 0 aliphatic heterocycles. The molecule has 2 amide bonds. The first-order valence-corrected chi connectivity index (χ1v) is 6.77. The lowest BCUT2D eigenvalue weighted by Crippen LogP contribution is -2.44. The van der Waals surface area contributed by atoms with Crippen LogP contribution in [0.15, 0.2) is 17.5 Å². The van der Waals surface area contributed by atoms with E-state index in [0.29, 0.717) is 13.1 Å². The quantitative estimate of drug-likeness (QED) is 0.793. The van der Waals surface area contributed by atoms with Crippen LogP contribution < -0.4 is 5.32 Å². The molecule has 1 atom stereocenters. The van der Waals surface area contributed by atoms with Gasteiger partial charge >= 0.3 is 12.0 Å². The molecule has 0 saturated heterocycles. The Morgan fingerprint density at radius 2 is 2.32 bits per heavy atom. The molecule has 1 rings (SSSR count). The van der Waals surface area contributed by atoms with Crippen molar-refractivity contribution in [3.8, 4) is 0 Å². The Bertz CT molecular complexity index is 408. The molecular formula is C12H18N2O4S. The van der Waals surface area contributed by atoms with Gasteiger partial charge in [-0.2, -0.15) is 0 Å². The summed E-state index contributed by atoms with van der Waals surface area (Å²) in [7, 11) is 1.30. The summed E-state index contributed by atoms with van der Waals surface area (Å²) in [4.78, 5) is 25.4. The standard InChI is InChI=1S/C12H18N2O4S/c1-3-14(8-9-5-4-6-19-9)12(17)13-7-10(18-2)11(15)16/h4-6,10H,3,7-8H2,1-2H3,(H,13,17)(H,15,16). The fourth-order valence-corrected chi connectivity index (χ4v) is 2.20. The van der Waals surface area contributed by atoms with Gasteiger partial charge in [0.1, 0.15) is 0 Å². The molecule has 0 bridgehead atoms. The van der Waals surface area contributed by atoms with Gasteiger partial charge in [0.25, 0.3) is 0 Å². The van der Waals surface area contributed by atoms with Gasteiger partial charge in [-0.05, 0) is 18.4 Å². The van der Waals surface area contributed by atoms with Crippen molar-refractivity contribution in [1.29, 1.82) is 0 Å². The van der Waals surface area contributed by atoms with Crippen molar-refractivity contribution in [2.24, 2.45) is 0 Å². The van der Waals surface area contributed by atoms with Gasteiger partial charge in [0.05, 0.1) is 13.1 Å². The van der Waals surface area contributed by atoms with Gasteiger partial charge < -0.3 is 20.1 Å². The van der Waals surface area contributed by atoms with E-state index in [1.165, 1.54) is 7.11 Å². The minimum absolute atomic E-state index is 0.0500. The number of carboxylic acids is 1. The van der Waals surface area contributed by atoms with E-state index in [1.807, 2.05) is 24.4 Å². The van der Waals surface area contributed by atoms with E-state index in [9.17, 15) is 9.59 Å². The van der Waals surface area contributed by atoms with Gasteiger partial charge in [0, 0.05) is 18.5 Å². The molecule has 0 radical (unpaired) electrons. The van der Waals surface area contributed by atoms with Crippen molar-refractivity contribution in [3.63, 3.8) is 0 Å². The molecule has 0 aliphatic carbocycles. The highest BCUT2D eigenvalue weighted by atomic mass is 32.1. The van der Waals surface area contributed by atoms with Crippen LogP contribution in [0.2, 0.25) is 0 Å². The molecule has 0 spiro atoms. The summed E-state index contributed by atoms with van der Waals surface area (Å²) < 4.78 is 4.75. The number of carbonyl (C=O) groups excluding carboxylic acids is 1. The molecule has 2 N–H and O–H groups in total. The molecule has 0 aliphatic rings. The van der Waals surface area contributed by atoms with Crippen LogP contribution in [0.5, 0.6) is 0 Å². The zero-order valence-electron chi connectivity index (χ0n) is 11.0. The van der Waals surface area contributed by atoms with Crippen molar-refractivity contribution in [2.75, 3.05) is 20.2 Å². The number of nitrogens with one attached hydrogen (secondary N) is 1. The third-order valence-corrected chi connectivity index (χ3v) is 3.46. The Morgan fingerprint density at radius 3 is 2.79 bits per heavy atom. The van der Waals surface area contributed by atoms with Gasteiger partial charge in [-0.1, -0.05) is 6.07 Å². The van der Waals surface area contributed by atoms with E-state index in [2.05, 4.69) is 5.32 Å². The Balaban J connectivity index is 2.47. The Hall–Kier alpha value is -1.60. The molecule has 0 fully saturated rings. The third-order valence-electron chi connectivity index (χ3n) is 2.59. The monoisotopic (exact) mass is 286 g/mol. The number of hydrogen-bond donors (Lipinski definition) is 2. The van der Waals surface area contributed by atoms with Crippen LogP contribution >= 0.6 is 11.3 Å². The maximum atomic E-state index is 11.9. The lowest BCUT2D eigenvalue weighted by atomic mass is 10.3. The van der Waals surface area contributed by atoms with Gasteiger partial charge in [0.2, 0.25) is 0 Å². The van der Waals surface area contributed by atoms with E-state index in [1.54, 1.807) is 16.2 Å². The molecule has 1 aromatic rings. The number of amides is 2. The second kappa shape index (κ2) is 7.75. The first-order valence-electron chi connectivity index (χ1n) is 5.89. The van der Waals surface area contributed by atoms with Gasteiger partial charge in [0.15, 0.2) is 6.10 Å². The van der Waals surface area contributed by atoms with Crippen LogP contribution in [-0.4, -0.2) is 48.3 Å². The summed E-state index contributed by atoms with van der Waals surface area (Å²) in [5.41, 5.74) is 0. The summed E-state index contributed by atoms with van der Waals surface area (Å²) in [5.74, 6) is -1.09. The Morgan fingerprint density at radius 1 is 1.58 bits per heavy atom. The molecule has 6 nitrogen and oxygen atoms in total. The summed E-state index contributed by atoms with van der Waals surface area (Å²) in [6, 6.07) is 3.59. The first kappa shape index (κ1) is 15.5. The molecule has 0 saturated carbocycles. The fraction of sp³-hybridized carbons (Fsp3) is 0.500. The molecule has 0 aromatic carbocycles. The van der Waals surface area contributed by atoms with Crippen LogP contribution in [-0.2, 0) is 16.1 Å². The van der Waals surface area contributed by atoms with Crippen molar-refractivity contribution in [2.45, 2.75) is 19.6 Å². The number of methoxy groups -OCH3 is 1. The van der Waals surface area contributed by atoms with Crippen molar-refractivity contribution in [1.82, 2.24) is 10.2 Å². The van der Waals surface area contributed by atoms with Gasteiger partial charge in [-0.25, -0.2) is 9.59 Å². The average Bonchev–Trinajstić information content (AvgIpc) is 2.88. The van der Waals surface area contributed by atoms with Crippen molar-refractivity contribution < 1.29 is 19.4 Å². The predicted molar refractivity (Wildman–Crippen MR) is 72.2 cm³/mol. The summed E-state index contributed by atoms with van der Waals surface area (Å²) in [6.07, 6.45) is -1.02. The van der Waals surface area contributed by atoms with E-state index in [-0.39, 0.29) is 12.6 Å². The second-order valence-electron chi connectivity index (χ2n) is 3.84. The maximum Gasteiger partial charge on any atom is 0.334 e. The predicted octanol–water partition coefficient (Wildman–Crippen LogP) is 1.38. The van der Waals surface area contributed by atoms with Gasteiger partial charge in [-0.15, -0.1) is 11.3 Å². The topological polar surface area (TPSA) is 78.9 Å². The lowest BCUT2D eigenvalue weighted by molar-refractivity contribution is -0.148. The van der Waals surface area contributed by atoms with Crippen LogP contribution in [0.3, 0.4) is 0 Å². The Kier molecular flexibility index (Phi) is 6.31. The van der Waals surface area contributed by atoms with E-state index < -0.39 is 12.1 Å². The highest BCUT2D eigenvalue weighted by molar-refractivity contribution is 7.09. The van der Waals surface area contributed by atoms with Crippen molar-refractivity contribution in [3.05, 3.63) is 22.4 Å². The molecule has 1 unspecified atom stereocenters. The van der Waals surface area contributed by atoms with Crippen LogP contribution in [0.1, 0.15) is 11.8 Å². The zero-order chi connectivity index (χ0) is 14.3. The minimum atomic E-state index is -1.09. The number of ether oxygens (including phenoxy) is 1. The van der Waals surface area contributed by atoms with Crippen molar-refractivity contribution >= 4 is 23.3 Å². The lowest BCUT2D eigenvalue weighted by Gasteiger charge is -2.21. The summed E-state index contributed by atoms with van der Waals surface area (Å²) >= 11 is 1.58. The van der Waals surface area contributed by atoms with Crippen LogP contribution in [0.4, 0.5) is 4.79 Å². The van der Waals surface area contributed by atoms with Crippen LogP contribution in [0.25, 0.3) is 0 Å². The molecular weight excluding hydrogens is 268 g/mol. The molecule has 1 aromatic heterocycles. The number of thiophene rings is 1. The second-order valence-corrected chi connectivity index (χ2v) is 4.87. The molecule has 7 heteroatoms. The largest absolute Gasteiger partial charge is 0.479 e. The normalized spacial score (nSPS) is 11.9. The SMILES string of the molecule is CCN(Cc1cccs1)C(=O)NCC(OC)C(=O)O. The van der Waals surface area contributed by atoms with E-state index in [4.69, 9.17) is 9.84 Å². The molecule has 106 valence electrons. The maximum absolute atomic E-state index is 11.9. The number of carbonyl (C=O) groups is 2. The van der Waals surface area contributed by atoms with Gasteiger partial charge in [-0.3, -0.25) is 0 Å². The summed E-state index contributed by atoms with van der Waals surface area (Å²) in [5, 5.41) is 13.3. The fourth-order valence-electron chi connectivity index (χ4n) is 1.48. The zero-order valence-corrected chi connectivity index (χ0v) is 11.8.